The van der Waals surface area contributed by atoms with Gasteiger partial charge in [-0.3, -0.25) is 9.59 Å². The van der Waals surface area contributed by atoms with Crippen LogP contribution in [0, 0.1) is 11.7 Å². The Labute approximate surface area is 151 Å². The topological polar surface area (TPSA) is 37.4 Å². The lowest BCUT2D eigenvalue weighted by Gasteiger charge is -2.28. The molecule has 2 aromatic carbocycles. The van der Waals surface area contributed by atoms with E-state index in [2.05, 4.69) is 0 Å². The van der Waals surface area contributed by atoms with Gasteiger partial charge in [-0.05, 0) is 36.6 Å². The van der Waals surface area contributed by atoms with Crippen molar-refractivity contribution < 1.29 is 14.0 Å². The number of piperidine rings is 1. The molecule has 1 amide bonds. The highest BCUT2D eigenvalue weighted by molar-refractivity contribution is 7.98. The first kappa shape index (κ1) is 17.7. The maximum atomic E-state index is 13.7. The Bertz CT molecular complexity index is 743. The standard InChI is InChI=1S/C20H20FNO2S/c21-17-6-7-18(20(24)16-8-10-22(14-23)11-9-16)19(12-17)25-13-15-4-2-1-3-5-15/h1-7,12,14,16H,8-11,13H2. The van der Waals surface area contributed by atoms with E-state index in [1.165, 1.54) is 23.9 Å². The number of amides is 1. The molecule has 2 aromatic rings. The Morgan fingerprint density at radius 2 is 1.88 bits per heavy atom. The van der Waals surface area contributed by atoms with Gasteiger partial charge in [0.1, 0.15) is 5.82 Å². The summed E-state index contributed by atoms with van der Waals surface area (Å²) in [6.45, 7) is 1.21. The van der Waals surface area contributed by atoms with E-state index in [-0.39, 0.29) is 17.5 Å². The van der Waals surface area contributed by atoms with Crippen LogP contribution in [0.3, 0.4) is 0 Å². The molecule has 0 unspecified atom stereocenters. The highest BCUT2D eigenvalue weighted by Crippen LogP contribution is 2.31. The van der Waals surface area contributed by atoms with E-state index in [0.29, 0.717) is 42.1 Å². The van der Waals surface area contributed by atoms with Gasteiger partial charge in [0.2, 0.25) is 6.41 Å². The number of carbonyl (C=O) groups excluding carboxylic acids is 2. The summed E-state index contributed by atoms with van der Waals surface area (Å²) < 4.78 is 13.7. The van der Waals surface area contributed by atoms with E-state index in [9.17, 15) is 14.0 Å². The van der Waals surface area contributed by atoms with Gasteiger partial charge in [-0.1, -0.05) is 30.3 Å². The van der Waals surface area contributed by atoms with Gasteiger partial charge in [-0.15, -0.1) is 11.8 Å². The zero-order valence-corrected chi connectivity index (χ0v) is 14.7. The number of hydrogen-bond donors (Lipinski definition) is 0. The van der Waals surface area contributed by atoms with Crippen LogP contribution in [0.5, 0.6) is 0 Å². The van der Waals surface area contributed by atoms with Crippen molar-refractivity contribution in [3.63, 3.8) is 0 Å². The number of halogens is 1. The van der Waals surface area contributed by atoms with Crippen molar-refractivity contribution in [2.45, 2.75) is 23.5 Å². The summed E-state index contributed by atoms with van der Waals surface area (Å²) >= 11 is 1.48. The van der Waals surface area contributed by atoms with Gasteiger partial charge < -0.3 is 4.90 Å². The molecule has 1 aliphatic heterocycles. The van der Waals surface area contributed by atoms with Crippen LogP contribution in [0.1, 0.15) is 28.8 Å². The number of rotatable bonds is 6. The van der Waals surface area contributed by atoms with Gasteiger partial charge in [0.15, 0.2) is 5.78 Å². The van der Waals surface area contributed by atoms with Crippen LogP contribution in [-0.2, 0) is 10.5 Å². The van der Waals surface area contributed by atoms with Crippen LogP contribution in [0.15, 0.2) is 53.4 Å². The van der Waals surface area contributed by atoms with Gasteiger partial charge in [-0.25, -0.2) is 4.39 Å². The van der Waals surface area contributed by atoms with Gasteiger partial charge >= 0.3 is 0 Å². The number of Topliss-reactive ketones (excluding diaryl/α,β-unsaturated/α-hetero) is 1. The van der Waals surface area contributed by atoms with Crippen molar-refractivity contribution in [2.24, 2.45) is 5.92 Å². The summed E-state index contributed by atoms with van der Waals surface area (Å²) in [6.07, 6.45) is 2.16. The monoisotopic (exact) mass is 357 g/mol. The smallest absolute Gasteiger partial charge is 0.209 e. The highest BCUT2D eigenvalue weighted by Gasteiger charge is 2.27. The summed E-state index contributed by atoms with van der Waals surface area (Å²) in [5.41, 5.74) is 1.72. The molecule has 130 valence electrons. The molecule has 5 heteroatoms. The summed E-state index contributed by atoms with van der Waals surface area (Å²) in [7, 11) is 0. The molecule has 1 heterocycles. The molecule has 1 fully saturated rings. The van der Waals surface area contributed by atoms with Crippen molar-refractivity contribution in [1.29, 1.82) is 0 Å². The second-order valence-electron chi connectivity index (χ2n) is 6.19. The first-order valence-electron chi connectivity index (χ1n) is 8.37. The fraction of sp³-hybridized carbons (Fsp3) is 0.300. The van der Waals surface area contributed by atoms with Crippen molar-refractivity contribution >= 4 is 24.0 Å². The fourth-order valence-corrected chi connectivity index (χ4v) is 4.08. The molecule has 3 nitrogen and oxygen atoms in total. The van der Waals surface area contributed by atoms with E-state index >= 15 is 0 Å². The Hall–Kier alpha value is -2.14. The minimum atomic E-state index is -0.331. The van der Waals surface area contributed by atoms with E-state index in [4.69, 9.17) is 0 Å². The van der Waals surface area contributed by atoms with Crippen LogP contribution in [0.25, 0.3) is 0 Å². The minimum absolute atomic E-state index is 0.0566. The largest absolute Gasteiger partial charge is 0.345 e. The van der Waals surface area contributed by atoms with E-state index in [1.807, 2.05) is 30.3 Å². The lowest BCUT2D eigenvalue weighted by Crippen LogP contribution is -2.35. The molecule has 0 aliphatic carbocycles. The third-order valence-corrected chi connectivity index (χ3v) is 5.62. The van der Waals surface area contributed by atoms with Crippen molar-refractivity contribution in [3.05, 3.63) is 65.5 Å². The Morgan fingerprint density at radius 3 is 2.56 bits per heavy atom. The number of hydrogen-bond acceptors (Lipinski definition) is 3. The van der Waals surface area contributed by atoms with E-state index < -0.39 is 0 Å². The molecule has 0 aromatic heterocycles. The van der Waals surface area contributed by atoms with Crippen molar-refractivity contribution in [2.75, 3.05) is 13.1 Å². The van der Waals surface area contributed by atoms with E-state index in [0.717, 1.165) is 12.0 Å². The average molecular weight is 357 g/mol. The third kappa shape index (κ3) is 4.48. The zero-order chi connectivity index (χ0) is 17.6. The van der Waals surface area contributed by atoms with Crippen LogP contribution in [-0.4, -0.2) is 30.2 Å². The predicted octanol–water partition coefficient (Wildman–Crippen LogP) is 4.17. The van der Waals surface area contributed by atoms with Crippen LogP contribution in [0.4, 0.5) is 4.39 Å². The van der Waals surface area contributed by atoms with Gasteiger partial charge in [0.25, 0.3) is 0 Å². The first-order valence-corrected chi connectivity index (χ1v) is 9.36. The number of thioether (sulfide) groups is 1. The number of likely N-dealkylation sites (tertiary alicyclic amines) is 1. The van der Waals surface area contributed by atoms with Crippen LogP contribution >= 0.6 is 11.8 Å². The average Bonchev–Trinajstić information content (AvgIpc) is 2.67. The Balaban J connectivity index is 1.74. The van der Waals surface area contributed by atoms with Crippen LogP contribution < -0.4 is 0 Å². The molecule has 0 atom stereocenters. The minimum Gasteiger partial charge on any atom is -0.345 e. The second kappa shape index (κ2) is 8.30. The normalized spacial score (nSPS) is 15.2. The summed E-state index contributed by atoms with van der Waals surface area (Å²) in [4.78, 5) is 26.1. The van der Waals surface area contributed by atoms with Gasteiger partial charge in [0.05, 0.1) is 0 Å². The number of carbonyl (C=O) groups is 2. The third-order valence-electron chi connectivity index (χ3n) is 4.50. The molecule has 1 aliphatic rings. The summed E-state index contributed by atoms with van der Waals surface area (Å²) in [6, 6.07) is 14.3. The molecule has 25 heavy (non-hydrogen) atoms. The lowest BCUT2D eigenvalue weighted by molar-refractivity contribution is -0.119. The quantitative estimate of drug-likeness (QED) is 0.442. The van der Waals surface area contributed by atoms with Crippen LogP contribution in [0.2, 0.25) is 0 Å². The SMILES string of the molecule is O=CN1CCC(C(=O)c2ccc(F)cc2SCc2ccccc2)CC1. The fourth-order valence-electron chi connectivity index (χ4n) is 3.04. The Kier molecular flexibility index (Phi) is 5.87. The van der Waals surface area contributed by atoms with Crippen molar-refractivity contribution in [3.8, 4) is 0 Å². The molecule has 0 N–H and O–H groups in total. The first-order chi connectivity index (χ1) is 12.2. The molecule has 0 radical (unpaired) electrons. The lowest BCUT2D eigenvalue weighted by atomic mass is 9.89. The highest BCUT2D eigenvalue weighted by atomic mass is 32.2. The molecular formula is C20H20FNO2S. The Morgan fingerprint density at radius 1 is 1.16 bits per heavy atom. The van der Waals surface area contributed by atoms with Crippen molar-refractivity contribution in [1.82, 2.24) is 4.90 Å². The maximum Gasteiger partial charge on any atom is 0.209 e. The number of benzene rings is 2. The summed E-state index contributed by atoms with van der Waals surface area (Å²) in [5, 5.41) is 0. The number of nitrogens with zero attached hydrogens (tertiary/aromatic N) is 1. The summed E-state index contributed by atoms with van der Waals surface area (Å²) in [5.74, 6) is 0.315. The predicted molar refractivity (Wildman–Crippen MR) is 97.1 cm³/mol. The van der Waals surface area contributed by atoms with Gasteiger partial charge in [0, 0.05) is 35.2 Å². The molecule has 1 saturated heterocycles. The molecule has 0 bridgehead atoms. The van der Waals surface area contributed by atoms with Gasteiger partial charge in [-0.2, -0.15) is 0 Å². The molecular weight excluding hydrogens is 337 g/mol. The molecule has 0 saturated carbocycles. The zero-order valence-electron chi connectivity index (χ0n) is 13.9. The maximum absolute atomic E-state index is 13.7. The number of ketones is 1. The van der Waals surface area contributed by atoms with E-state index in [1.54, 1.807) is 11.0 Å². The second-order valence-corrected chi connectivity index (χ2v) is 7.21. The molecule has 3 rings (SSSR count). The molecule has 0 spiro atoms.